The Balaban J connectivity index is 1.24. The Morgan fingerprint density at radius 2 is 1.25 bits per heavy atom. The maximum absolute atomic E-state index is 6.82. The lowest BCUT2D eigenvalue weighted by molar-refractivity contribution is 0.793. The first-order valence-electron chi connectivity index (χ1n) is 16.3. The van der Waals surface area contributed by atoms with Crippen LogP contribution >= 0.6 is 0 Å². The second-order valence-electron chi connectivity index (χ2n) is 12.3. The number of hydrogen-bond acceptors (Lipinski definition) is 2. The Hall–Kier alpha value is -6.39. The van der Waals surface area contributed by atoms with Gasteiger partial charge < -0.3 is 14.9 Å². The standard InChI is InChI=1S/C44H32N4/c45-40-28-47(34-17-2-1-3-18-34)27-39(40)44(33-16-10-15-32(26-33)36-22-11-14-30-12-4-6-19-35(30)36)46-29-48-41-23-9-8-21-38(41)43-37-20-7-5-13-31(37)24-25-42(43)48/h1-28H,29,45H2/b46-44-. The summed E-state index contributed by atoms with van der Waals surface area (Å²) in [5.41, 5.74) is 16.0. The van der Waals surface area contributed by atoms with Gasteiger partial charge in [-0.1, -0.05) is 127 Å². The van der Waals surface area contributed by atoms with Crippen LogP contribution in [0.25, 0.3) is 60.2 Å². The van der Waals surface area contributed by atoms with Crippen LogP contribution in [0.5, 0.6) is 0 Å². The van der Waals surface area contributed by atoms with Crippen LogP contribution in [0.3, 0.4) is 0 Å². The van der Waals surface area contributed by atoms with Crippen molar-refractivity contribution in [2.75, 3.05) is 5.73 Å². The summed E-state index contributed by atoms with van der Waals surface area (Å²) in [7, 11) is 0. The number of anilines is 1. The van der Waals surface area contributed by atoms with Crippen molar-refractivity contribution in [2.24, 2.45) is 4.99 Å². The Bertz CT molecular complexity index is 2650. The molecule has 2 heterocycles. The van der Waals surface area contributed by atoms with Gasteiger partial charge in [0, 0.05) is 40.0 Å². The molecule has 0 saturated heterocycles. The van der Waals surface area contributed by atoms with E-state index in [2.05, 4.69) is 155 Å². The Kier molecular flexibility index (Phi) is 6.65. The molecule has 228 valence electrons. The molecule has 2 aromatic heterocycles. The molecule has 0 aliphatic carbocycles. The molecule has 0 amide bonds. The summed E-state index contributed by atoms with van der Waals surface area (Å²) in [6, 6.07) is 55.7. The molecule has 0 fully saturated rings. The van der Waals surface area contributed by atoms with Gasteiger partial charge in [-0.3, -0.25) is 4.99 Å². The minimum absolute atomic E-state index is 0.437. The van der Waals surface area contributed by atoms with Gasteiger partial charge in [-0.15, -0.1) is 0 Å². The minimum atomic E-state index is 0.437. The molecule has 0 aliphatic heterocycles. The highest BCUT2D eigenvalue weighted by atomic mass is 15.1. The van der Waals surface area contributed by atoms with E-state index in [-0.39, 0.29) is 0 Å². The van der Waals surface area contributed by atoms with Crippen LogP contribution in [0.2, 0.25) is 0 Å². The monoisotopic (exact) mass is 616 g/mol. The maximum Gasteiger partial charge on any atom is 0.115 e. The van der Waals surface area contributed by atoms with E-state index in [0.717, 1.165) is 39.1 Å². The van der Waals surface area contributed by atoms with Crippen molar-refractivity contribution < 1.29 is 0 Å². The highest BCUT2D eigenvalue weighted by molar-refractivity contribution is 6.21. The first-order chi connectivity index (χ1) is 23.7. The Labute approximate surface area is 278 Å². The first kappa shape index (κ1) is 27.9. The molecule has 0 atom stereocenters. The number of aliphatic imine (C=N–C) groups is 1. The summed E-state index contributed by atoms with van der Waals surface area (Å²) >= 11 is 0. The number of nitrogen functional groups attached to an aromatic ring is 1. The third-order valence-corrected chi connectivity index (χ3v) is 9.44. The normalized spacial score (nSPS) is 12.0. The van der Waals surface area contributed by atoms with Gasteiger partial charge in [-0.25, -0.2) is 0 Å². The molecule has 48 heavy (non-hydrogen) atoms. The van der Waals surface area contributed by atoms with Crippen LogP contribution in [0, 0.1) is 0 Å². The number of fused-ring (bicyclic) bond motifs is 6. The van der Waals surface area contributed by atoms with Crippen LogP contribution in [-0.2, 0) is 6.67 Å². The smallest absolute Gasteiger partial charge is 0.115 e. The van der Waals surface area contributed by atoms with Crippen molar-refractivity contribution in [3.8, 4) is 16.8 Å². The first-order valence-corrected chi connectivity index (χ1v) is 16.3. The van der Waals surface area contributed by atoms with Crippen LogP contribution in [0.1, 0.15) is 11.1 Å². The fraction of sp³-hybridized carbons (Fsp3) is 0.0227. The number of hydrogen-bond donors (Lipinski definition) is 1. The summed E-state index contributed by atoms with van der Waals surface area (Å²) in [6.45, 7) is 0.437. The number of nitrogens with two attached hydrogens (primary N) is 1. The van der Waals surface area contributed by atoms with E-state index in [0.29, 0.717) is 12.4 Å². The molecule has 0 bridgehead atoms. The second-order valence-corrected chi connectivity index (χ2v) is 12.3. The summed E-state index contributed by atoms with van der Waals surface area (Å²) in [6.07, 6.45) is 4.09. The fourth-order valence-corrected chi connectivity index (χ4v) is 7.17. The molecule has 0 saturated carbocycles. The predicted molar refractivity (Wildman–Crippen MR) is 202 cm³/mol. The minimum Gasteiger partial charge on any atom is -0.397 e. The number of para-hydroxylation sites is 2. The number of benzene rings is 7. The molecule has 4 heteroatoms. The molecular formula is C44H32N4. The van der Waals surface area contributed by atoms with Gasteiger partial charge in [0.05, 0.1) is 22.4 Å². The Morgan fingerprint density at radius 1 is 0.562 bits per heavy atom. The van der Waals surface area contributed by atoms with E-state index in [9.17, 15) is 0 Å². The van der Waals surface area contributed by atoms with Crippen molar-refractivity contribution in [1.29, 1.82) is 0 Å². The summed E-state index contributed by atoms with van der Waals surface area (Å²) in [5.74, 6) is 0. The summed E-state index contributed by atoms with van der Waals surface area (Å²) in [5, 5.41) is 7.42. The van der Waals surface area contributed by atoms with E-state index in [1.54, 1.807) is 0 Å². The van der Waals surface area contributed by atoms with Crippen molar-refractivity contribution in [1.82, 2.24) is 9.13 Å². The van der Waals surface area contributed by atoms with E-state index in [1.807, 2.05) is 24.4 Å². The zero-order chi connectivity index (χ0) is 32.0. The fourth-order valence-electron chi connectivity index (χ4n) is 7.17. The molecule has 9 aromatic rings. The predicted octanol–water partition coefficient (Wildman–Crippen LogP) is 10.6. The van der Waals surface area contributed by atoms with Crippen LogP contribution in [0.15, 0.2) is 175 Å². The van der Waals surface area contributed by atoms with Crippen molar-refractivity contribution in [3.63, 3.8) is 0 Å². The second kappa shape index (κ2) is 11.4. The van der Waals surface area contributed by atoms with Gasteiger partial charge in [0.2, 0.25) is 0 Å². The molecule has 0 spiro atoms. The summed E-state index contributed by atoms with van der Waals surface area (Å²) < 4.78 is 4.41. The van der Waals surface area contributed by atoms with E-state index >= 15 is 0 Å². The van der Waals surface area contributed by atoms with E-state index in [4.69, 9.17) is 10.7 Å². The zero-order valence-corrected chi connectivity index (χ0v) is 26.3. The zero-order valence-electron chi connectivity index (χ0n) is 26.3. The molecule has 2 N–H and O–H groups in total. The third kappa shape index (κ3) is 4.66. The SMILES string of the molecule is Nc1cn(-c2ccccc2)cc1/C(=N\Cn1c2ccccc2c2c3ccccc3ccc21)c1cccc(-c2cccc3ccccc23)c1. The van der Waals surface area contributed by atoms with Gasteiger partial charge >= 0.3 is 0 Å². The van der Waals surface area contributed by atoms with E-state index in [1.165, 1.54) is 37.9 Å². The van der Waals surface area contributed by atoms with Crippen molar-refractivity contribution in [3.05, 3.63) is 181 Å². The van der Waals surface area contributed by atoms with Crippen molar-refractivity contribution in [2.45, 2.75) is 6.67 Å². The van der Waals surface area contributed by atoms with Gasteiger partial charge in [0.25, 0.3) is 0 Å². The maximum atomic E-state index is 6.82. The number of nitrogens with zero attached hydrogens (tertiary/aromatic N) is 3. The van der Waals surface area contributed by atoms with Gasteiger partial charge in [-0.2, -0.15) is 0 Å². The molecule has 9 rings (SSSR count). The van der Waals surface area contributed by atoms with Crippen LogP contribution in [-0.4, -0.2) is 14.8 Å². The largest absolute Gasteiger partial charge is 0.397 e. The van der Waals surface area contributed by atoms with Crippen molar-refractivity contribution >= 4 is 54.7 Å². The highest BCUT2D eigenvalue weighted by Gasteiger charge is 2.17. The van der Waals surface area contributed by atoms with Crippen LogP contribution in [0.4, 0.5) is 5.69 Å². The molecule has 4 nitrogen and oxygen atoms in total. The molecule has 7 aromatic carbocycles. The number of aromatic nitrogens is 2. The topological polar surface area (TPSA) is 48.2 Å². The average molecular weight is 617 g/mol. The Morgan fingerprint density at radius 3 is 2.10 bits per heavy atom. The quantitative estimate of drug-likeness (QED) is 0.186. The molecule has 0 aliphatic rings. The number of rotatable bonds is 6. The van der Waals surface area contributed by atoms with Crippen LogP contribution < -0.4 is 5.73 Å². The van der Waals surface area contributed by atoms with Gasteiger partial charge in [-0.05, 0) is 63.0 Å². The lowest BCUT2D eigenvalue weighted by Gasteiger charge is -2.12. The van der Waals surface area contributed by atoms with Gasteiger partial charge in [0.1, 0.15) is 6.67 Å². The highest BCUT2D eigenvalue weighted by Crippen LogP contribution is 2.35. The lowest BCUT2D eigenvalue weighted by atomic mass is 9.95. The molecule has 0 unspecified atom stereocenters. The van der Waals surface area contributed by atoms with E-state index < -0.39 is 0 Å². The third-order valence-electron chi connectivity index (χ3n) is 9.44. The summed E-state index contributed by atoms with van der Waals surface area (Å²) in [4.78, 5) is 5.44. The molecular weight excluding hydrogens is 585 g/mol. The van der Waals surface area contributed by atoms with Gasteiger partial charge in [0.15, 0.2) is 0 Å². The lowest BCUT2D eigenvalue weighted by Crippen LogP contribution is -2.08. The molecule has 0 radical (unpaired) electrons. The average Bonchev–Trinajstić information content (AvgIpc) is 3.70.